The Morgan fingerprint density at radius 3 is 0.940 bits per heavy atom. The molecule has 0 amide bonds. The second kappa shape index (κ2) is 11.6. The Kier molecular flexibility index (Phi) is 6.60. The third-order valence-electron chi connectivity index (χ3n) is 10.4. The van der Waals surface area contributed by atoms with Crippen molar-refractivity contribution in [2.75, 3.05) is 0 Å². The van der Waals surface area contributed by atoms with Gasteiger partial charge in [0.25, 0.3) is 0 Å². The molecule has 0 aromatic heterocycles. The number of rotatable bonds is 4. The van der Waals surface area contributed by atoms with E-state index >= 15 is 0 Å². The molecule has 0 unspecified atom stereocenters. The first-order valence-electron chi connectivity index (χ1n) is 17.4. The summed E-state index contributed by atoms with van der Waals surface area (Å²) in [6, 6.07) is 71.4. The summed E-state index contributed by atoms with van der Waals surface area (Å²) in [4.78, 5) is 0. The van der Waals surface area contributed by atoms with E-state index in [9.17, 15) is 0 Å². The highest BCUT2D eigenvalue weighted by atomic mass is 14.3. The Hall–Kier alpha value is -6.50. The molecule has 10 rings (SSSR count). The fourth-order valence-corrected chi connectivity index (χ4v) is 8.37. The van der Waals surface area contributed by atoms with Crippen LogP contribution < -0.4 is 0 Å². The molecule has 0 saturated carbocycles. The zero-order valence-corrected chi connectivity index (χ0v) is 27.5. The van der Waals surface area contributed by atoms with Crippen LogP contribution >= 0.6 is 0 Å². The molecule has 10 aromatic rings. The summed E-state index contributed by atoms with van der Waals surface area (Å²) in [6.07, 6.45) is 0. The molecule has 0 aliphatic heterocycles. The highest BCUT2D eigenvalue weighted by Gasteiger charge is 2.28. The summed E-state index contributed by atoms with van der Waals surface area (Å²) < 4.78 is 0. The number of hydrogen-bond acceptors (Lipinski definition) is 0. The van der Waals surface area contributed by atoms with E-state index in [1.54, 1.807) is 0 Å². The molecule has 0 heteroatoms. The lowest BCUT2D eigenvalue weighted by atomic mass is 9.75. The average Bonchev–Trinajstić information content (AvgIpc) is 3.20. The van der Waals surface area contributed by atoms with Crippen LogP contribution in [-0.2, 0) is 0 Å². The van der Waals surface area contributed by atoms with Gasteiger partial charge in [0.15, 0.2) is 0 Å². The topological polar surface area (TPSA) is 0 Å². The molecule has 0 aliphatic rings. The van der Waals surface area contributed by atoms with Crippen LogP contribution in [0.4, 0.5) is 0 Å². The molecular formula is C50H32. The molecular weight excluding hydrogens is 601 g/mol. The van der Waals surface area contributed by atoms with Crippen molar-refractivity contribution in [2.24, 2.45) is 0 Å². The van der Waals surface area contributed by atoms with E-state index in [0.717, 1.165) is 0 Å². The molecule has 0 N–H and O–H groups in total. The molecule has 0 bridgehead atoms. The largest absolute Gasteiger partial charge is 0.0622 e. The van der Waals surface area contributed by atoms with Gasteiger partial charge in [-0.05, 0) is 98.4 Å². The van der Waals surface area contributed by atoms with Crippen LogP contribution in [0.2, 0.25) is 0 Å². The van der Waals surface area contributed by atoms with Crippen molar-refractivity contribution < 1.29 is 0 Å². The van der Waals surface area contributed by atoms with Crippen molar-refractivity contribution >= 4 is 53.9 Å². The average molecular weight is 633 g/mol. The van der Waals surface area contributed by atoms with Crippen molar-refractivity contribution in [1.29, 1.82) is 0 Å². The van der Waals surface area contributed by atoms with Gasteiger partial charge < -0.3 is 0 Å². The Morgan fingerprint density at radius 2 is 0.520 bits per heavy atom. The Balaban J connectivity index is 1.61. The van der Waals surface area contributed by atoms with Gasteiger partial charge in [-0.3, -0.25) is 0 Å². The fourth-order valence-electron chi connectivity index (χ4n) is 8.37. The smallest absolute Gasteiger partial charge is 0.000741 e. The summed E-state index contributed by atoms with van der Waals surface area (Å²) in [5, 5.41) is 12.6. The Labute approximate surface area is 291 Å². The van der Waals surface area contributed by atoms with E-state index in [1.165, 1.54) is 98.4 Å². The van der Waals surface area contributed by atoms with Gasteiger partial charge in [-0.1, -0.05) is 194 Å². The summed E-state index contributed by atoms with van der Waals surface area (Å²) in [6.45, 7) is 0. The predicted molar refractivity (Wildman–Crippen MR) is 216 cm³/mol. The summed E-state index contributed by atoms with van der Waals surface area (Å²) in [5.41, 5.74) is 9.95. The second-order valence-corrected chi connectivity index (χ2v) is 13.1. The predicted octanol–water partition coefficient (Wildman–Crippen LogP) is 14.1. The zero-order valence-electron chi connectivity index (χ0n) is 27.5. The van der Waals surface area contributed by atoms with E-state index in [2.05, 4.69) is 194 Å². The summed E-state index contributed by atoms with van der Waals surface area (Å²) in [5.74, 6) is 0. The molecule has 0 aliphatic carbocycles. The first-order valence-corrected chi connectivity index (χ1v) is 17.4. The number of benzene rings is 10. The fraction of sp³-hybridized carbons (Fsp3) is 0. The minimum Gasteiger partial charge on any atom is -0.0622 e. The van der Waals surface area contributed by atoms with E-state index in [1.807, 2.05) is 0 Å². The molecule has 0 radical (unpaired) electrons. The molecule has 0 spiro atoms. The van der Waals surface area contributed by atoms with E-state index < -0.39 is 0 Å². The number of fused-ring (bicyclic) bond motifs is 8. The van der Waals surface area contributed by atoms with Gasteiger partial charge in [-0.15, -0.1) is 0 Å². The lowest BCUT2D eigenvalue weighted by Gasteiger charge is -2.27. The third-order valence-corrected chi connectivity index (χ3v) is 10.4. The van der Waals surface area contributed by atoms with Crippen LogP contribution in [0.1, 0.15) is 0 Å². The maximum absolute atomic E-state index is 2.34. The lowest BCUT2D eigenvalue weighted by Crippen LogP contribution is -2.00. The van der Waals surface area contributed by atoms with Crippen LogP contribution in [-0.4, -0.2) is 0 Å². The molecule has 0 atom stereocenters. The molecule has 50 heavy (non-hydrogen) atoms. The molecule has 0 heterocycles. The van der Waals surface area contributed by atoms with Crippen LogP contribution in [0.5, 0.6) is 0 Å². The van der Waals surface area contributed by atoms with Gasteiger partial charge in [-0.2, -0.15) is 0 Å². The molecule has 0 fully saturated rings. The minimum absolute atomic E-state index is 1.21. The molecule has 10 aromatic carbocycles. The standard InChI is InChI=1S/C50H32/c1-3-19-35(20-4-1)45-47(41-31-15-23-33-17-7-9-25-37(33)41)48(42-32-16-24-34-18-8-10-26-38(34)42)46(36-21-5-2-6-22-36)50-44-30-14-12-28-40(44)39-27-11-13-29-43(39)49(45)50/h1-32H. The van der Waals surface area contributed by atoms with Crippen molar-refractivity contribution in [2.45, 2.75) is 0 Å². The SMILES string of the molecule is c1ccc(-c2c(-c3cccc4ccccc34)c(-c3cccc4ccccc34)c(-c3ccccc3)c3c4ccccc4c4ccccc4c23)cc1. The maximum atomic E-state index is 2.34. The Morgan fingerprint density at radius 1 is 0.200 bits per heavy atom. The van der Waals surface area contributed by atoms with Gasteiger partial charge in [0.1, 0.15) is 0 Å². The van der Waals surface area contributed by atoms with Crippen molar-refractivity contribution in [3.63, 3.8) is 0 Å². The monoisotopic (exact) mass is 632 g/mol. The zero-order chi connectivity index (χ0) is 33.0. The van der Waals surface area contributed by atoms with E-state index in [0.29, 0.717) is 0 Å². The van der Waals surface area contributed by atoms with Crippen LogP contribution in [0, 0.1) is 0 Å². The second-order valence-electron chi connectivity index (χ2n) is 13.1. The van der Waals surface area contributed by atoms with Gasteiger partial charge >= 0.3 is 0 Å². The Bertz CT molecular complexity index is 2690. The third kappa shape index (κ3) is 4.32. The maximum Gasteiger partial charge on any atom is -0.000741 e. The summed E-state index contributed by atoms with van der Waals surface area (Å²) in [7, 11) is 0. The normalized spacial score (nSPS) is 11.6. The molecule has 0 saturated heterocycles. The first kappa shape index (κ1) is 28.5. The van der Waals surface area contributed by atoms with Gasteiger partial charge in [0, 0.05) is 0 Å². The van der Waals surface area contributed by atoms with Crippen molar-refractivity contribution in [3.05, 3.63) is 194 Å². The van der Waals surface area contributed by atoms with Gasteiger partial charge in [0.2, 0.25) is 0 Å². The highest BCUT2D eigenvalue weighted by molar-refractivity contribution is 6.36. The van der Waals surface area contributed by atoms with E-state index in [-0.39, 0.29) is 0 Å². The highest BCUT2D eigenvalue weighted by Crippen LogP contribution is 2.56. The lowest BCUT2D eigenvalue weighted by molar-refractivity contribution is 1.60. The van der Waals surface area contributed by atoms with Crippen LogP contribution in [0.15, 0.2) is 194 Å². The number of hydrogen-bond donors (Lipinski definition) is 0. The van der Waals surface area contributed by atoms with Gasteiger partial charge in [-0.25, -0.2) is 0 Å². The van der Waals surface area contributed by atoms with Crippen LogP contribution in [0.25, 0.3) is 98.4 Å². The van der Waals surface area contributed by atoms with Crippen LogP contribution in [0.3, 0.4) is 0 Å². The van der Waals surface area contributed by atoms with Crippen molar-refractivity contribution in [3.8, 4) is 44.5 Å². The van der Waals surface area contributed by atoms with Crippen molar-refractivity contribution in [1.82, 2.24) is 0 Å². The quantitative estimate of drug-likeness (QED) is 0.169. The first-order chi connectivity index (χ1) is 24.9. The minimum atomic E-state index is 1.21. The molecule has 232 valence electrons. The van der Waals surface area contributed by atoms with E-state index in [4.69, 9.17) is 0 Å². The van der Waals surface area contributed by atoms with Gasteiger partial charge in [0.05, 0.1) is 0 Å². The molecule has 0 nitrogen and oxygen atoms in total. The summed E-state index contributed by atoms with van der Waals surface area (Å²) >= 11 is 0.